The van der Waals surface area contributed by atoms with Gasteiger partial charge in [-0.05, 0) is 56.4 Å². The van der Waals surface area contributed by atoms with Gasteiger partial charge in [0, 0.05) is 0 Å². The third-order valence-electron chi connectivity index (χ3n) is 4.29. The van der Waals surface area contributed by atoms with E-state index in [0.717, 1.165) is 0 Å². The molecule has 0 saturated carbocycles. The Morgan fingerprint density at radius 2 is 1.74 bits per heavy atom. The van der Waals surface area contributed by atoms with Gasteiger partial charge < -0.3 is 14.8 Å². The van der Waals surface area contributed by atoms with Gasteiger partial charge in [-0.15, -0.1) is 0 Å². The highest BCUT2D eigenvalue weighted by Crippen LogP contribution is 2.40. The van der Waals surface area contributed by atoms with Crippen molar-refractivity contribution in [2.45, 2.75) is 58.6 Å². The molecule has 2 radical (unpaired) electrons. The van der Waals surface area contributed by atoms with E-state index in [1.165, 1.54) is 12.1 Å². The number of ether oxygens (including phenoxy) is 2. The second-order valence-corrected chi connectivity index (χ2v) is 8.10. The van der Waals surface area contributed by atoms with Gasteiger partial charge >= 0.3 is 12.3 Å². The van der Waals surface area contributed by atoms with Crippen molar-refractivity contribution in [3.05, 3.63) is 83.8 Å². The number of hydrogen-bond acceptors (Lipinski definition) is 3. The maximum Gasteiger partial charge on any atom is 0.418 e. The molecule has 1 amide bonds. The zero-order chi connectivity index (χ0) is 23.2. The summed E-state index contributed by atoms with van der Waals surface area (Å²) >= 11 is 0. The van der Waals surface area contributed by atoms with Crippen molar-refractivity contribution in [2.75, 3.05) is 0 Å². The minimum atomic E-state index is -4.66. The fourth-order valence-electron chi connectivity index (χ4n) is 2.99. The number of amides is 1. The standard InChI is InChI=1S/C24H28F3NO3/c1-6-20(28-22(29)31-23(3,4)5)18-13-12-16(2)14-19(18)21(24(25,26)27)30-15-17-10-8-7-9-11-17/h7-14,21H,2,6,15H2,1,3-5H3,(H,28,29). The Balaban J connectivity index is 2.37. The molecule has 2 aromatic rings. The number of benzene rings is 2. The van der Waals surface area contributed by atoms with Crippen molar-refractivity contribution in [2.24, 2.45) is 0 Å². The van der Waals surface area contributed by atoms with Crippen LogP contribution in [0.1, 0.15) is 62.5 Å². The van der Waals surface area contributed by atoms with Crippen LogP contribution in [0.25, 0.3) is 0 Å². The Hall–Kier alpha value is -2.54. The molecule has 0 spiro atoms. The summed E-state index contributed by atoms with van der Waals surface area (Å²) in [7, 11) is 0. The van der Waals surface area contributed by atoms with E-state index in [9.17, 15) is 18.0 Å². The first-order valence-electron chi connectivity index (χ1n) is 9.95. The molecular weight excluding hydrogens is 407 g/mol. The van der Waals surface area contributed by atoms with E-state index < -0.39 is 24.0 Å². The first kappa shape index (κ1) is 24.7. The summed E-state index contributed by atoms with van der Waals surface area (Å²) in [6.45, 7) is 10.4. The van der Waals surface area contributed by atoms with Crippen molar-refractivity contribution < 1.29 is 27.4 Å². The molecule has 31 heavy (non-hydrogen) atoms. The van der Waals surface area contributed by atoms with E-state index in [2.05, 4.69) is 12.2 Å². The average molecular weight is 435 g/mol. The number of hydrogen-bond donors (Lipinski definition) is 1. The number of rotatable bonds is 7. The van der Waals surface area contributed by atoms with E-state index in [4.69, 9.17) is 9.47 Å². The van der Waals surface area contributed by atoms with Crippen LogP contribution >= 0.6 is 0 Å². The molecule has 0 aliphatic carbocycles. The van der Waals surface area contributed by atoms with Crippen molar-refractivity contribution in [3.63, 3.8) is 0 Å². The zero-order valence-electron chi connectivity index (χ0n) is 18.2. The number of halogens is 3. The molecule has 1 N–H and O–H groups in total. The lowest BCUT2D eigenvalue weighted by Crippen LogP contribution is -2.36. The molecule has 0 fully saturated rings. The molecule has 0 saturated heterocycles. The van der Waals surface area contributed by atoms with E-state index in [-0.39, 0.29) is 24.2 Å². The Kier molecular flexibility index (Phi) is 8.12. The lowest BCUT2D eigenvalue weighted by molar-refractivity contribution is -0.227. The summed E-state index contributed by atoms with van der Waals surface area (Å²) in [5, 5.41) is 2.59. The van der Waals surface area contributed by atoms with Gasteiger partial charge in [0.05, 0.1) is 12.6 Å². The lowest BCUT2D eigenvalue weighted by atomic mass is 9.93. The van der Waals surface area contributed by atoms with Gasteiger partial charge in [-0.1, -0.05) is 55.5 Å². The smallest absolute Gasteiger partial charge is 0.418 e. The summed E-state index contributed by atoms with van der Waals surface area (Å²) in [4.78, 5) is 12.2. The molecule has 0 aliphatic heterocycles. The van der Waals surface area contributed by atoms with Crippen LogP contribution in [0, 0.1) is 13.0 Å². The minimum Gasteiger partial charge on any atom is -0.444 e. The predicted molar refractivity (Wildman–Crippen MR) is 113 cm³/mol. The molecule has 7 heteroatoms. The van der Waals surface area contributed by atoms with Crippen molar-refractivity contribution in [3.8, 4) is 0 Å². The number of alkyl halides is 3. The fourth-order valence-corrected chi connectivity index (χ4v) is 2.99. The normalized spacial score (nSPS) is 13.2. The summed E-state index contributed by atoms with van der Waals surface area (Å²) in [5.41, 5.74) is 0.413. The molecule has 0 aromatic heterocycles. The molecule has 0 heterocycles. The second kappa shape index (κ2) is 10.2. The van der Waals surface area contributed by atoms with Gasteiger partial charge in [0.15, 0.2) is 6.10 Å². The maximum atomic E-state index is 14.0. The Morgan fingerprint density at radius 1 is 1.10 bits per heavy atom. The monoisotopic (exact) mass is 435 g/mol. The largest absolute Gasteiger partial charge is 0.444 e. The van der Waals surface area contributed by atoms with Crippen LogP contribution in [0.3, 0.4) is 0 Å². The first-order chi connectivity index (χ1) is 14.4. The molecule has 0 bridgehead atoms. The fraction of sp³-hybridized carbons (Fsp3) is 0.375. The quantitative estimate of drug-likeness (QED) is 0.540. The van der Waals surface area contributed by atoms with Gasteiger partial charge in [-0.3, -0.25) is 0 Å². The second-order valence-electron chi connectivity index (χ2n) is 8.10. The molecule has 168 valence electrons. The average Bonchev–Trinajstić information content (AvgIpc) is 2.65. The molecule has 2 rings (SSSR count). The predicted octanol–water partition coefficient (Wildman–Crippen LogP) is 6.50. The maximum absolute atomic E-state index is 14.0. The summed E-state index contributed by atoms with van der Waals surface area (Å²) in [5.74, 6) is 0. The Labute approximate surface area is 181 Å². The zero-order valence-corrected chi connectivity index (χ0v) is 18.2. The van der Waals surface area contributed by atoms with Crippen LogP contribution in [-0.2, 0) is 16.1 Å². The highest BCUT2D eigenvalue weighted by Gasteiger charge is 2.43. The number of carbonyl (C=O) groups excluding carboxylic acids is 1. The summed E-state index contributed by atoms with van der Waals surface area (Å²) in [6, 6.07) is 13.4. The van der Waals surface area contributed by atoms with Gasteiger partial charge in [-0.25, -0.2) is 4.79 Å². The third-order valence-corrected chi connectivity index (χ3v) is 4.29. The van der Waals surface area contributed by atoms with Gasteiger partial charge in [-0.2, -0.15) is 13.2 Å². The van der Waals surface area contributed by atoms with Gasteiger partial charge in [0.25, 0.3) is 0 Å². The Morgan fingerprint density at radius 3 is 2.29 bits per heavy atom. The van der Waals surface area contributed by atoms with Crippen molar-refractivity contribution >= 4 is 6.09 Å². The van der Waals surface area contributed by atoms with Crippen LogP contribution in [-0.4, -0.2) is 17.9 Å². The van der Waals surface area contributed by atoms with Crippen molar-refractivity contribution in [1.82, 2.24) is 5.32 Å². The van der Waals surface area contributed by atoms with Crippen LogP contribution in [0.15, 0.2) is 48.5 Å². The highest BCUT2D eigenvalue weighted by atomic mass is 19.4. The Bertz CT molecular complexity index is 861. The summed E-state index contributed by atoms with van der Waals surface area (Å²) in [6.07, 6.45) is -7.30. The SMILES string of the molecule is [CH2]c1ccc([C](CC)NC(=O)OC(C)(C)C)c(C(OCc2ccccc2)C(F)(F)F)c1. The van der Waals surface area contributed by atoms with Gasteiger partial charge in [0.1, 0.15) is 5.60 Å². The molecule has 0 aliphatic rings. The third kappa shape index (κ3) is 7.58. The van der Waals surface area contributed by atoms with Crippen LogP contribution in [0.2, 0.25) is 0 Å². The van der Waals surface area contributed by atoms with E-state index >= 15 is 0 Å². The molecule has 4 nitrogen and oxygen atoms in total. The first-order valence-corrected chi connectivity index (χ1v) is 9.95. The number of carbonyl (C=O) groups is 1. The molecule has 2 aromatic carbocycles. The van der Waals surface area contributed by atoms with Crippen LogP contribution in [0.5, 0.6) is 0 Å². The van der Waals surface area contributed by atoms with E-state index in [1.54, 1.807) is 64.1 Å². The van der Waals surface area contributed by atoms with E-state index in [1.807, 2.05) is 0 Å². The molecule has 1 atom stereocenters. The topological polar surface area (TPSA) is 47.6 Å². The van der Waals surface area contributed by atoms with Crippen LogP contribution < -0.4 is 5.32 Å². The van der Waals surface area contributed by atoms with Gasteiger partial charge in [0.2, 0.25) is 0 Å². The number of nitrogens with one attached hydrogen (secondary N) is 1. The lowest BCUT2D eigenvalue weighted by Gasteiger charge is -2.28. The minimum absolute atomic E-state index is 0.108. The molecule has 1 unspecified atom stereocenters. The van der Waals surface area contributed by atoms with Crippen LogP contribution in [0.4, 0.5) is 18.0 Å². The number of alkyl carbamates (subject to hydrolysis) is 1. The molecular formula is C24H28F3NO3. The summed E-state index contributed by atoms with van der Waals surface area (Å²) < 4.78 is 52.6. The van der Waals surface area contributed by atoms with E-state index in [0.29, 0.717) is 17.2 Å². The highest BCUT2D eigenvalue weighted by molar-refractivity contribution is 5.70. The van der Waals surface area contributed by atoms with Crippen molar-refractivity contribution in [1.29, 1.82) is 0 Å².